The highest BCUT2D eigenvalue weighted by Gasteiger charge is 2.26. The summed E-state index contributed by atoms with van der Waals surface area (Å²) in [6.45, 7) is 3.85. The minimum atomic E-state index is -3.12. The lowest BCUT2D eigenvalue weighted by molar-refractivity contribution is 0.384. The summed E-state index contributed by atoms with van der Waals surface area (Å²) in [5, 5.41) is 7.20. The zero-order valence-corrected chi connectivity index (χ0v) is 14.6. The van der Waals surface area contributed by atoms with Crippen LogP contribution >= 0.6 is 0 Å². The Hall–Kier alpha value is -2.20. The van der Waals surface area contributed by atoms with Crippen LogP contribution < -0.4 is 10.2 Å². The molecule has 0 amide bonds. The maximum absolute atomic E-state index is 11.9. The van der Waals surface area contributed by atoms with Crippen LogP contribution in [0.2, 0.25) is 0 Å². The van der Waals surface area contributed by atoms with Crippen LogP contribution in [0.1, 0.15) is 6.92 Å². The second-order valence-corrected chi connectivity index (χ2v) is 7.81. The molecular weight excluding hydrogens is 330 g/mol. The van der Waals surface area contributed by atoms with Crippen LogP contribution in [0.25, 0.3) is 0 Å². The maximum Gasteiger partial charge on any atom is 0.229 e. The van der Waals surface area contributed by atoms with Gasteiger partial charge in [-0.2, -0.15) is 14.4 Å². The Morgan fingerprint density at radius 1 is 1.25 bits per heavy atom. The molecule has 1 fully saturated rings. The van der Waals surface area contributed by atoms with Crippen molar-refractivity contribution in [2.24, 2.45) is 7.05 Å². The SMILES string of the molecule is CCS(=O)(=O)N1CCN(c2ccnc(Nc3cnn(C)c3)n2)CC1. The van der Waals surface area contributed by atoms with Gasteiger partial charge in [-0.3, -0.25) is 4.68 Å². The third-order valence-corrected chi connectivity index (χ3v) is 5.80. The molecule has 3 rings (SSSR count). The highest BCUT2D eigenvalue weighted by atomic mass is 32.2. The summed E-state index contributed by atoms with van der Waals surface area (Å²) in [6, 6.07) is 1.83. The molecule has 1 N–H and O–H groups in total. The highest BCUT2D eigenvalue weighted by molar-refractivity contribution is 7.89. The van der Waals surface area contributed by atoms with E-state index < -0.39 is 10.0 Å². The zero-order valence-electron chi connectivity index (χ0n) is 13.8. The minimum Gasteiger partial charge on any atom is -0.354 e. The average molecular weight is 351 g/mol. The first-order valence-corrected chi connectivity index (χ1v) is 9.40. The molecule has 9 nitrogen and oxygen atoms in total. The van der Waals surface area contributed by atoms with Crippen molar-refractivity contribution < 1.29 is 8.42 Å². The van der Waals surface area contributed by atoms with E-state index in [-0.39, 0.29) is 5.75 Å². The van der Waals surface area contributed by atoms with Crippen molar-refractivity contribution >= 4 is 27.5 Å². The first-order valence-electron chi connectivity index (χ1n) is 7.79. The van der Waals surface area contributed by atoms with E-state index in [4.69, 9.17) is 0 Å². The summed E-state index contributed by atoms with van der Waals surface area (Å²) in [5.41, 5.74) is 0.813. The molecule has 3 heterocycles. The number of aryl methyl sites for hydroxylation is 1. The molecule has 2 aromatic heterocycles. The van der Waals surface area contributed by atoms with Crippen molar-refractivity contribution in [3.8, 4) is 0 Å². The molecule has 10 heteroatoms. The van der Waals surface area contributed by atoms with E-state index in [0.717, 1.165) is 11.5 Å². The molecule has 0 unspecified atom stereocenters. The average Bonchev–Trinajstić information content (AvgIpc) is 3.00. The molecule has 0 spiro atoms. The fourth-order valence-corrected chi connectivity index (χ4v) is 3.66. The Kier molecular flexibility index (Phi) is 4.67. The standard InChI is InChI=1S/C14H21N7O2S/c1-3-24(22,23)21-8-6-20(7-9-21)13-4-5-15-14(18-13)17-12-10-16-19(2)11-12/h4-5,10-11H,3,6-9H2,1-2H3,(H,15,17,18). The van der Waals surface area contributed by atoms with Crippen LogP contribution in [0, 0.1) is 0 Å². The number of hydrogen-bond acceptors (Lipinski definition) is 7. The molecule has 0 radical (unpaired) electrons. The van der Waals surface area contributed by atoms with Crippen LogP contribution in [-0.2, 0) is 17.1 Å². The van der Waals surface area contributed by atoms with Crippen LogP contribution in [-0.4, -0.2) is 64.4 Å². The number of nitrogens with zero attached hydrogens (tertiary/aromatic N) is 6. The van der Waals surface area contributed by atoms with Gasteiger partial charge in [-0.1, -0.05) is 0 Å². The number of hydrogen-bond donors (Lipinski definition) is 1. The molecule has 130 valence electrons. The lowest BCUT2D eigenvalue weighted by Crippen LogP contribution is -2.49. The summed E-state index contributed by atoms with van der Waals surface area (Å²) in [7, 11) is -1.28. The third kappa shape index (κ3) is 3.65. The Labute approximate surface area is 141 Å². The van der Waals surface area contributed by atoms with Gasteiger partial charge in [0.2, 0.25) is 16.0 Å². The van der Waals surface area contributed by atoms with Gasteiger partial charge in [-0.15, -0.1) is 0 Å². The number of aromatic nitrogens is 4. The predicted molar refractivity (Wildman–Crippen MR) is 91.8 cm³/mol. The molecule has 1 aliphatic rings. The largest absolute Gasteiger partial charge is 0.354 e. The van der Waals surface area contributed by atoms with E-state index in [1.54, 1.807) is 28.3 Å². The van der Waals surface area contributed by atoms with Crippen molar-refractivity contribution in [2.75, 3.05) is 42.1 Å². The Balaban J connectivity index is 1.67. The van der Waals surface area contributed by atoms with Gasteiger partial charge in [0.25, 0.3) is 0 Å². The Morgan fingerprint density at radius 3 is 2.62 bits per heavy atom. The molecule has 2 aromatic rings. The lowest BCUT2D eigenvalue weighted by atomic mass is 10.3. The van der Waals surface area contributed by atoms with Crippen LogP contribution in [0.5, 0.6) is 0 Å². The number of nitrogens with one attached hydrogen (secondary N) is 1. The van der Waals surface area contributed by atoms with Gasteiger partial charge in [0.15, 0.2) is 0 Å². The third-order valence-electron chi connectivity index (χ3n) is 3.92. The van der Waals surface area contributed by atoms with Crippen molar-refractivity contribution in [2.45, 2.75) is 6.92 Å². The number of sulfonamides is 1. The van der Waals surface area contributed by atoms with E-state index >= 15 is 0 Å². The van der Waals surface area contributed by atoms with Crippen LogP contribution in [0.15, 0.2) is 24.7 Å². The number of anilines is 3. The van der Waals surface area contributed by atoms with Gasteiger partial charge in [0.1, 0.15) is 5.82 Å². The quantitative estimate of drug-likeness (QED) is 0.834. The molecule has 0 bridgehead atoms. The molecule has 0 saturated carbocycles. The normalized spacial score (nSPS) is 16.3. The van der Waals surface area contributed by atoms with Crippen molar-refractivity contribution in [3.05, 3.63) is 24.7 Å². The van der Waals surface area contributed by atoms with E-state index in [1.165, 1.54) is 0 Å². The van der Waals surface area contributed by atoms with Crippen molar-refractivity contribution in [1.29, 1.82) is 0 Å². The summed E-state index contributed by atoms with van der Waals surface area (Å²) in [4.78, 5) is 10.8. The van der Waals surface area contributed by atoms with Crippen LogP contribution in [0.4, 0.5) is 17.5 Å². The molecule has 0 aliphatic carbocycles. The van der Waals surface area contributed by atoms with E-state index in [0.29, 0.717) is 32.1 Å². The fraction of sp³-hybridized carbons (Fsp3) is 0.500. The Bertz CT molecular complexity index is 797. The molecule has 0 atom stereocenters. The summed E-state index contributed by atoms with van der Waals surface area (Å²) in [5.74, 6) is 1.41. The maximum atomic E-state index is 11.9. The van der Waals surface area contributed by atoms with Crippen molar-refractivity contribution in [1.82, 2.24) is 24.1 Å². The molecule has 1 saturated heterocycles. The van der Waals surface area contributed by atoms with Gasteiger partial charge in [-0.05, 0) is 13.0 Å². The first kappa shape index (κ1) is 16.7. The molecular formula is C14H21N7O2S. The van der Waals surface area contributed by atoms with Gasteiger partial charge in [-0.25, -0.2) is 13.4 Å². The van der Waals surface area contributed by atoms with E-state index in [1.807, 2.05) is 19.3 Å². The molecule has 0 aromatic carbocycles. The second kappa shape index (κ2) is 6.73. The van der Waals surface area contributed by atoms with Crippen molar-refractivity contribution in [3.63, 3.8) is 0 Å². The number of rotatable bonds is 5. The molecule has 24 heavy (non-hydrogen) atoms. The first-order chi connectivity index (χ1) is 11.5. The summed E-state index contributed by atoms with van der Waals surface area (Å²) in [6.07, 6.45) is 5.23. The predicted octanol–water partition coefficient (Wildman–Crippen LogP) is 0.425. The Morgan fingerprint density at radius 2 is 2.00 bits per heavy atom. The monoisotopic (exact) mass is 351 g/mol. The van der Waals surface area contributed by atoms with Gasteiger partial charge in [0.05, 0.1) is 17.6 Å². The lowest BCUT2D eigenvalue weighted by Gasteiger charge is -2.34. The van der Waals surface area contributed by atoms with E-state index in [9.17, 15) is 8.42 Å². The van der Waals surface area contributed by atoms with Gasteiger partial charge < -0.3 is 10.2 Å². The van der Waals surface area contributed by atoms with Gasteiger partial charge in [0, 0.05) is 45.6 Å². The molecule has 1 aliphatic heterocycles. The zero-order chi connectivity index (χ0) is 17.2. The number of piperazine rings is 1. The van der Waals surface area contributed by atoms with Crippen LogP contribution in [0.3, 0.4) is 0 Å². The van der Waals surface area contributed by atoms with Gasteiger partial charge >= 0.3 is 0 Å². The second-order valence-electron chi connectivity index (χ2n) is 5.55. The topological polar surface area (TPSA) is 96.3 Å². The fourth-order valence-electron chi connectivity index (χ4n) is 2.58. The summed E-state index contributed by atoms with van der Waals surface area (Å²) >= 11 is 0. The summed E-state index contributed by atoms with van der Waals surface area (Å²) < 4.78 is 27.1. The smallest absolute Gasteiger partial charge is 0.229 e. The highest BCUT2D eigenvalue weighted by Crippen LogP contribution is 2.18. The van der Waals surface area contributed by atoms with E-state index in [2.05, 4.69) is 25.3 Å². The minimum absolute atomic E-state index is 0.139.